The number of carbonyl (C=O) groups is 1. The van der Waals surface area contributed by atoms with Crippen LogP contribution in [-0.2, 0) is 11.3 Å². The summed E-state index contributed by atoms with van der Waals surface area (Å²) in [5, 5.41) is 3.49. The van der Waals surface area contributed by atoms with Crippen LogP contribution in [0.4, 0.5) is 0 Å². The summed E-state index contributed by atoms with van der Waals surface area (Å²) in [6.45, 7) is 8.84. The predicted molar refractivity (Wildman–Crippen MR) is 72.1 cm³/mol. The molecule has 0 aromatic carbocycles. The predicted octanol–water partition coefficient (Wildman–Crippen LogP) is 1.56. The average Bonchev–Trinajstić information content (AvgIpc) is 2.68. The standard InChI is InChI=1S/C14H22N2O3/c1-9-6-16(7-10(2)15-9)8-12-5-13(11(3)19-12)14(17)18-4/h5,9-10,15H,6-8H2,1-4H3. The number of piperazine rings is 1. The highest BCUT2D eigenvalue weighted by molar-refractivity contribution is 5.90. The van der Waals surface area contributed by atoms with Gasteiger partial charge in [-0.3, -0.25) is 4.90 Å². The molecule has 0 amide bonds. The number of rotatable bonds is 3. The molecule has 5 heteroatoms. The minimum atomic E-state index is -0.338. The molecular formula is C14H22N2O3. The van der Waals surface area contributed by atoms with Crippen LogP contribution in [0.5, 0.6) is 0 Å². The number of ether oxygens (including phenoxy) is 1. The van der Waals surface area contributed by atoms with Crippen LogP contribution in [0.2, 0.25) is 0 Å². The maximum absolute atomic E-state index is 11.5. The van der Waals surface area contributed by atoms with E-state index in [1.807, 2.05) is 0 Å². The lowest BCUT2D eigenvalue weighted by Crippen LogP contribution is -2.53. The van der Waals surface area contributed by atoms with Crippen molar-refractivity contribution < 1.29 is 13.9 Å². The molecule has 1 aliphatic heterocycles. The maximum Gasteiger partial charge on any atom is 0.341 e. The molecule has 0 bridgehead atoms. The van der Waals surface area contributed by atoms with Crippen molar-refractivity contribution in [2.45, 2.75) is 39.4 Å². The fraction of sp³-hybridized carbons (Fsp3) is 0.643. The number of methoxy groups -OCH3 is 1. The van der Waals surface area contributed by atoms with Crippen molar-refractivity contribution >= 4 is 5.97 Å². The lowest BCUT2D eigenvalue weighted by Gasteiger charge is -2.35. The van der Waals surface area contributed by atoms with E-state index >= 15 is 0 Å². The molecule has 0 aliphatic carbocycles. The molecule has 1 aromatic rings. The molecule has 1 aliphatic rings. The van der Waals surface area contributed by atoms with Crippen LogP contribution in [-0.4, -0.2) is 43.2 Å². The van der Waals surface area contributed by atoms with Crippen LogP contribution in [0.1, 0.15) is 35.7 Å². The summed E-state index contributed by atoms with van der Waals surface area (Å²) in [5.74, 6) is 1.10. The van der Waals surface area contributed by atoms with Gasteiger partial charge in [-0.1, -0.05) is 0 Å². The molecule has 0 spiro atoms. The molecule has 2 rings (SSSR count). The summed E-state index contributed by atoms with van der Waals surface area (Å²) in [5.41, 5.74) is 0.522. The maximum atomic E-state index is 11.5. The second-order valence-corrected chi connectivity index (χ2v) is 5.34. The Balaban J connectivity index is 2.05. The van der Waals surface area contributed by atoms with Gasteiger partial charge in [-0.2, -0.15) is 0 Å². The lowest BCUT2D eigenvalue weighted by atomic mass is 10.1. The summed E-state index contributed by atoms with van der Waals surface area (Å²) < 4.78 is 10.4. The smallest absolute Gasteiger partial charge is 0.341 e. The molecule has 0 saturated carbocycles. The molecule has 1 saturated heterocycles. The van der Waals surface area contributed by atoms with Crippen molar-refractivity contribution in [2.24, 2.45) is 0 Å². The molecule has 19 heavy (non-hydrogen) atoms. The van der Waals surface area contributed by atoms with E-state index in [1.165, 1.54) is 7.11 Å². The van der Waals surface area contributed by atoms with E-state index in [0.717, 1.165) is 25.4 Å². The molecular weight excluding hydrogens is 244 g/mol. The Kier molecular flexibility index (Phi) is 4.27. The van der Waals surface area contributed by atoms with Gasteiger partial charge < -0.3 is 14.5 Å². The van der Waals surface area contributed by atoms with E-state index in [-0.39, 0.29) is 5.97 Å². The second kappa shape index (κ2) is 5.75. The SMILES string of the molecule is COC(=O)c1cc(CN2CC(C)NC(C)C2)oc1C. The van der Waals surface area contributed by atoms with E-state index in [4.69, 9.17) is 9.15 Å². The van der Waals surface area contributed by atoms with Gasteiger partial charge in [-0.25, -0.2) is 4.79 Å². The Morgan fingerprint density at radius 3 is 2.68 bits per heavy atom. The third-order valence-corrected chi connectivity index (χ3v) is 3.39. The summed E-state index contributed by atoms with van der Waals surface area (Å²) in [6, 6.07) is 2.73. The number of aryl methyl sites for hydroxylation is 1. The highest BCUT2D eigenvalue weighted by atomic mass is 16.5. The summed E-state index contributed by atoms with van der Waals surface area (Å²) in [7, 11) is 1.38. The zero-order chi connectivity index (χ0) is 14.0. The van der Waals surface area contributed by atoms with E-state index in [2.05, 4.69) is 24.1 Å². The normalized spacial score (nSPS) is 24.4. The van der Waals surface area contributed by atoms with Crippen LogP contribution < -0.4 is 5.32 Å². The fourth-order valence-electron chi connectivity index (χ4n) is 2.72. The van der Waals surface area contributed by atoms with Crippen molar-refractivity contribution in [3.63, 3.8) is 0 Å². The molecule has 2 unspecified atom stereocenters. The molecule has 2 atom stereocenters. The van der Waals surface area contributed by atoms with Gasteiger partial charge in [0, 0.05) is 25.2 Å². The number of esters is 1. The molecule has 0 radical (unpaired) electrons. The van der Waals surface area contributed by atoms with Crippen molar-refractivity contribution in [3.8, 4) is 0 Å². The second-order valence-electron chi connectivity index (χ2n) is 5.34. The zero-order valence-electron chi connectivity index (χ0n) is 12.0. The first kappa shape index (κ1) is 14.1. The largest absolute Gasteiger partial charge is 0.465 e. The van der Waals surface area contributed by atoms with E-state index in [9.17, 15) is 4.79 Å². The number of furan rings is 1. The van der Waals surface area contributed by atoms with Crippen molar-refractivity contribution in [2.75, 3.05) is 20.2 Å². The summed E-state index contributed by atoms with van der Waals surface area (Å²) in [6.07, 6.45) is 0. The number of hydrogen-bond acceptors (Lipinski definition) is 5. The van der Waals surface area contributed by atoms with Gasteiger partial charge in [-0.05, 0) is 26.8 Å². The first-order chi connectivity index (χ1) is 8.99. The lowest BCUT2D eigenvalue weighted by molar-refractivity contribution is 0.0599. The first-order valence-corrected chi connectivity index (χ1v) is 6.65. The minimum absolute atomic E-state index is 0.338. The number of nitrogens with zero attached hydrogens (tertiary/aromatic N) is 1. The summed E-state index contributed by atoms with van der Waals surface area (Å²) in [4.78, 5) is 13.9. The van der Waals surface area contributed by atoms with Crippen molar-refractivity contribution in [1.29, 1.82) is 0 Å². The minimum Gasteiger partial charge on any atom is -0.465 e. The van der Waals surface area contributed by atoms with Gasteiger partial charge >= 0.3 is 5.97 Å². The average molecular weight is 266 g/mol. The fourth-order valence-corrected chi connectivity index (χ4v) is 2.72. The van der Waals surface area contributed by atoms with Crippen LogP contribution in [0.15, 0.2) is 10.5 Å². The van der Waals surface area contributed by atoms with Gasteiger partial charge in [0.1, 0.15) is 17.1 Å². The highest BCUT2D eigenvalue weighted by Crippen LogP contribution is 2.18. The van der Waals surface area contributed by atoms with Crippen molar-refractivity contribution in [3.05, 3.63) is 23.2 Å². The van der Waals surface area contributed by atoms with Gasteiger partial charge in [-0.15, -0.1) is 0 Å². The summed E-state index contributed by atoms with van der Waals surface area (Å²) >= 11 is 0. The topological polar surface area (TPSA) is 54.7 Å². The number of nitrogens with one attached hydrogen (secondary N) is 1. The number of carbonyl (C=O) groups excluding carboxylic acids is 1. The first-order valence-electron chi connectivity index (χ1n) is 6.65. The Morgan fingerprint density at radius 1 is 1.47 bits per heavy atom. The van der Waals surface area contributed by atoms with E-state index in [0.29, 0.717) is 23.4 Å². The Hall–Kier alpha value is -1.33. The highest BCUT2D eigenvalue weighted by Gasteiger charge is 2.23. The molecule has 5 nitrogen and oxygen atoms in total. The third-order valence-electron chi connectivity index (χ3n) is 3.39. The monoisotopic (exact) mass is 266 g/mol. The third kappa shape index (κ3) is 3.36. The Bertz CT molecular complexity index is 446. The van der Waals surface area contributed by atoms with E-state index < -0.39 is 0 Å². The van der Waals surface area contributed by atoms with Gasteiger partial charge in [0.2, 0.25) is 0 Å². The van der Waals surface area contributed by atoms with Crippen LogP contribution in [0.3, 0.4) is 0 Å². The van der Waals surface area contributed by atoms with Crippen LogP contribution in [0, 0.1) is 6.92 Å². The van der Waals surface area contributed by atoms with E-state index in [1.54, 1.807) is 13.0 Å². The molecule has 1 fully saturated rings. The van der Waals surface area contributed by atoms with Gasteiger partial charge in [0.05, 0.1) is 13.7 Å². The van der Waals surface area contributed by atoms with Crippen LogP contribution in [0.25, 0.3) is 0 Å². The number of hydrogen-bond donors (Lipinski definition) is 1. The molecule has 1 aromatic heterocycles. The zero-order valence-corrected chi connectivity index (χ0v) is 12.0. The van der Waals surface area contributed by atoms with Gasteiger partial charge in [0.25, 0.3) is 0 Å². The van der Waals surface area contributed by atoms with Crippen LogP contribution >= 0.6 is 0 Å². The molecule has 106 valence electrons. The molecule has 1 N–H and O–H groups in total. The molecule has 2 heterocycles. The Morgan fingerprint density at radius 2 is 2.11 bits per heavy atom. The Labute approximate surface area is 113 Å². The van der Waals surface area contributed by atoms with Crippen molar-refractivity contribution in [1.82, 2.24) is 10.2 Å². The quantitative estimate of drug-likeness (QED) is 0.841. The van der Waals surface area contributed by atoms with Gasteiger partial charge in [0.15, 0.2) is 0 Å².